The Morgan fingerprint density at radius 2 is 2.00 bits per heavy atom. The number of rotatable bonds is 5. The zero-order valence-electron chi connectivity index (χ0n) is 10.9. The molecule has 0 bridgehead atoms. The summed E-state index contributed by atoms with van der Waals surface area (Å²) in [6, 6.07) is 4.06. The molecule has 100 valence electrons. The Morgan fingerprint density at radius 3 is 2.74 bits per heavy atom. The second kappa shape index (κ2) is 6.47. The van der Waals surface area contributed by atoms with Crippen molar-refractivity contribution in [2.75, 3.05) is 17.7 Å². The molecule has 0 aliphatic carbocycles. The summed E-state index contributed by atoms with van der Waals surface area (Å²) in [6.07, 6.45) is 4.31. The van der Waals surface area contributed by atoms with Crippen LogP contribution in [0, 0.1) is 0 Å². The molecule has 0 aliphatic heterocycles. The normalized spacial score (nSPS) is 10.3. The molecular formula is C13H16BrN5. The Balaban J connectivity index is 2.15. The van der Waals surface area contributed by atoms with Gasteiger partial charge in [0.15, 0.2) is 0 Å². The highest BCUT2D eigenvalue weighted by atomic mass is 79.9. The van der Waals surface area contributed by atoms with E-state index in [1.165, 1.54) is 11.9 Å². The maximum atomic E-state index is 4.40. The predicted octanol–water partition coefficient (Wildman–Crippen LogP) is 2.85. The van der Waals surface area contributed by atoms with E-state index in [0.717, 1.165) is 28.2 Å². The second-order valence-corrected chi connectivity index (χ2v) is 4.74. The zero-order chi connectivity index (χ0) is 13.7. The van der Waals surface area contributed by atoms with Gasteiger partial charge in [0.1, 0.15) is 22.4 Å². The number of hydrogen-bond donors (Lipinski definition) is 2. The lowest BCUT2D eigenvalue weighted by molar-refractivity contribution is 0.959. The molecule has 0 aromatic carbocycles. The maximum Gasteiger partial charge on any atom is 0.146 e. The molecule has 0 saturated heterocycles. The number of halogens is 1. The van der Waals surface area contributed by atoms with Crippen molar-refractivity contribution in [1.82, 2.24) is 15.0 Å². The van der Waals surface area contributed by atoms with Gasteiger partial charge in [-0.2, -0.15) is 0 Å². The largest absolute Gasteiger partial charge is 0.372 e. The van der Waals surface area contributed by atoms with Gasteiger partial charge in [-0.3, -0.25) is 4.98 Å². The summed E-state index contributed by atoms with van der Waals surface area (Å²) < 4.78 is 0.825. The van der Waals surface area contributed by atoms with E-state index in [9.17, 15) is 0 Å². The molecule has 2 aromatic heterocycles. The Hall–Kier alpha value is -1.69. The van der Waals surface area contributed by atoms with Crippen LogP contribution in [0.2, 0.25) is 0 Å². The molecule has 0 fully saturated rings. The molecule has 19 heavy (non-hydrogen) atoms. The summed E-state index contributed by atoms with van der Waals surface area (Å²) in [5.41, 5.74) is 2.29. The lowest BCUT2D eigenvalue weighted by atomic mass is 10.1. The van der Waals surface area contributed by atoms with Crippen LogP contribution in [0.1, 0.15) is 18.2 Å². The third-order valence-corrected chi connectivity index (χ3v) is 3.57. The van der Waals surface area contributed by atoms with E-state index >= 15 is 0 Å². The van der Waals surface area contributed by atoms with Crippen molar-refractivity contribution in [3.63, 3.8) is 0 Å². The minimum Gasteiger partial charge on any atom is -0.372 e. The number of nitrogens with zero attached hydrogens (tertiary/aromatic N) is 3. The minimum atomic E-state index is 0.642. The molecule has 0 saturated carbocycles. The third-order valence-electron chi connectivity index (χ3n) is 2.81. The van der Waals surface area contributed by atoms with Crippen molar-refractivity contribution in [1.29, 1.82) is 0 Å². The quantitative estimate of drug-likeness (QED) is 0.886. The summed E-state index contributed by atoms with van der Waals surface area (Å²) in [5, 5.41) is 6.28. The first kappa shape index (κ1) is 13.7. The highest BCUT2D eigenvalue weighted by Crippen LogP contribution is 2.26. The van der Waals surface area contributed by atoms with Crippen molar-refractivity contribution >= 4 is 27.6 Å². The molecule has 2 aromatic rings. The SMILES string of the molecule is CCc1cccnc1CNc1ncnc(NC)c1Br. The van der Waals surface area contributed by atoms with Crippen LogP contribution in [0.4, 0.5) is 11.6 Å². The number of pyridine rings is 1. The molecule has 0 unspecified atom stereocenters. The fourth-order valence-electron chi connectivity index (χ4n) is 1.79. The average Bonchev–Trinajstić information content (AvgIpc) is 2.46. The Labute approximate surface area is 121 Å². The topological polar surface area (TPSA) is 62.7 Å². The molecule has 2 heterocycles. The average molecular weight is 322 g/mol. The first-order valence-corrected chi connectivity index (χ1v) is 6.90. The van der Waals surface area contributed by atoms with Gasteiger partial charge in [0.25, 0.3) is 0 Å². The molecular weight excluding hydrogens is 306 g/mol. The van der Waals surface area contributed by atoms with Gasteiger partial charge in [0.05, 0.1) is 12.2 Å². The number of nitrogens with one attached hydrogen (secondary N) is 2. The summed E-state index contributed by atoms with van der Waals surface area (Å²) in [4.78, 5) is 12.7. The van der Waals surface area contributed by atoms with Crippen molar-refractivity contribution in [2.24, 2.45) is 0 Å². The number of aryl methyl sites for hydroxylation is 1. The van der Waals surface area contributed by atoms with Crippen LogP contribution < -0.4 is 10.6 Å². The maximum absolute atomic E-state index is 4.40. The standard InChI is InChI=1S/C13H16BrN5/c1-3-9-5-4-6-16-10(9)7-17-13-11(14)12(15-2)18-8-19-13/h4-6,8H,3,7H2,1-2H3,(H2,15,17,18,19). The summed E-state index contributed by atoms with van der Waals surface area (Å²) in [5.74, 6) is 1.52. The van der Waals surface area contributed by atoms with Crippen LogP contribution in [0.15, 0.2) is 29.1 Å². The van der Waals surface area contributed by atoms with Crippen molar-refractivity contribution in [2.45, 2.75) is 19.9 Å². The smallest absolute Gasteiger partial charge is 0.146 e. The van der Waals surface area contributed by atoms with Crippen LogP contribution in [0.3, 0.4) is 0 Å². The van der Waals surface area contributed by atoms with Gasteiger partial charge in [0, 0.05) is 13.2 Å². The van der Waals surface area contributed by atoms with Gasteiger partial charge in [-0.15, -0.1) is 0 Å². The van der Waals surface area contributed by atoms with Gasteiger partial charge in [0.2, 0.25) is 0 Å². The molecule has 2 rings (SSSR count). The summed E-state index contributed by atoms with van der Waals surface area (Å²) >= 11 is 3.48. The number of anilines is 2. The molecule has 0 aliphatic rings. The molecule has 0 atom stereocenters. The second-order valence-electron chi connectivity index (χ2n) is 3.95. The van der Waals surface area contributed by atoms with Crippen molar-refractivity contribution in [3.05, 3.63) is 40.4 Å². The van der Waals surface area contributed by atoms with Crippen LogP contribution in [-0.4, -0.2) is 22.0 Å². The van der Waals surface area contributed by atoms with E-state index in [-0.39, 0.29) is 0 Å². The fraction of sp³-hybridized carbons (Fsp3) is 0.308. The Morgan fingerprint density at radius 1 is 1.21 bits per heavy atom. The minimum absolute atomic E-state index is 0.642. The van der Waals surface area contributed by atoms with E-state index < -0.39 is 0 Å². The lowest BCUT2D eigenvalue weighted by Gasteiger charge is -2.11. The third kappa shape index (κ3) is 3.20. The highest BCUT2D eigenvalue weighted by Gasteiger charge is 2.08. The van der Waals surface area contributed by atoms with E-state index in [1.54, 1.807) is 0 Å². The van der Waals surface area contributed by atoms with E-state index in [4.69, 9.17) is 0 Å². The van der Waals surface area contributed by atoms with Gasteiger partial charge in [-0.25, -0.2) is 9.97 Å². The van der Waals surface area contributed by atoms with E-state index in [2.05, 4.69) is 54.5 Å². The zero-order valence-corrected chi connectivity index (χ0v) is 12.5. The summed E-state index contributed by atoms with van der Waals surface area (Å²) in [6.45, 7) is 2.77. The van der Waals surface area contributed by atoms with Crippen LogP contribution in [0.25, 0.3) is 0 Å². The first-order valence-electron chi connectivity index (χ1n) is 6.11. The summed E-state index contributed by atoms with van der Waals surface area (Å²) in [7, 11) is 1.82. The van der Waals surface area contributed by atoms with Gasteiger partial charge >= 0.3 is 0 Å². The molecule has 5 nitrogen and oxygen atoms in total. The van der Waals surface area contributed by atoms with Gasteiger partial charge in [-0.05, 0) is 34.0 Å². The van der Waals surface area contributed by atoms with E-state index in [0.29, 0.717) is 6.54 Å². The molecule has 6 heteroatoms. The van der Waals surface area contributed by atoms with Gasteiger partial charge in [-0.1, -0.05) is 13.0 Å². The molecule has 0 spiro atoms. The Kier molecular flexibility index (Phi) is 4.68. The number of aromatic nitrogens is 3. The molecule has 0 radical (unpaired) electrons. The van der Waals surface area contributed by atoms with Crippen molar-refractivity contribution in [3.8, 4) is 0 Å². The van der Waals surface area contributed by atoms with Crippen LogP contribution >= 0.6 is 15.9 Å². The fourth-order valence-corrected chi connectivity index (χ4v) is 2.33. The molecule has 0 amide bonds. The van der Waals surface area contributed by atoms with Crippen LogP contribution in [-0.2, 0) is 13.0 Å². The predicted molar refractivity (Wildman–Crippen MR) is 80.2 cm³/mol. The molecule has 2 N–H and O–H groups in total. The van der Waals surface area contributed by atoms with Crippen molar-refractivity contribution < 1.29 is 0 Å². The first-order chi connectivity index (χ1) is 9.26. The van der Waals surface area contributed by atoms with Gasteiger partial charge < -0.3 is 10.6 Å². The van der Waals surface area contributed by atoms with Crippen LogP contribution in [0.5, 0.6) is 0 Å². The number of hydrogen-bond acceptors (Lipinski definition) is 5. The Bertz CT molecular complexity index is 558. The lowest BCUT2D eigenvalue weighted by Crippen LogP contribution is -2.08. The monoisotopic (exact) mass is 321 g/mol. The van der Waals surface area contributed by atoms with E-state index in [1.807, 2.05) is 19.3 Å². The highest BCUT2D eigenvalue weighted by molar-refractivity contribution is 9.10.